The summed E-state index contributed by atoms with van der Waals surface area (Å²) < 4.78 is 24.2. The van der Waals surface area contributed by atoms with E-state index in [1.807, 2.05) is 24.3 Å². The molecule has 2 aliphatic rings. The first kappa shape index (κ1) is 19.6. The van der Waals surface area contributed by atoms with Crippen molar-refractivity contribution < 1.29 is 8.42 Å². The molecule has 1 aliphatic heterocycles. The first-order valence-corrected chi connectivity index (χ1v) is 11.4. The summed E-state index contributed by atoms with van der Waals surface area (Å²) in [6.45, 7) is 6.15. The van der Waals surface area contributed by atoms with E-state index in [2.05, 4.69) is 11.1 Å². The lowest BCUT2D eigenvalue weighted by Crippen LogP contribution is -2.34. The van der Waals surface area contributed by atoms with Gasteiger partial charge in [-0.2, -0.15) is 0 Å². The number of allylic oxidation sites excluding steroid dienone is 1. The van der Waals surface area contributed by atoms with E-state index >= 15 is 0 Å². The molecule has 1 heterocycles. The molecule has 5 heteroatoms. The molecule has 0 unspecified atom stereocenters. The number of halogens is 1. The highest BCUT2D eigenvalue weighted by molar-refractivity contribution is 7.92. The van der Waals surface area contributed by atoms with Crippen molar-refractivity contribution in [1.29, 1.82) is 0 Å². The molecule has 26 heavy (non-hydrogen) atoms. The molecule has 142 valence electrons. The Morgan fingerprint density at radius 2 is 1.85 bits per heavy atom. The van der Waals surface area contributed by atoms with Crippen molar-refractivity contribution in [3.63, 3.8) is 0 Å². The molecule has 0 aromatic heterocycles. The van der Waals surface area contributed by atoms with E-state index in [4.69, 9.17) is 11.6 Å². The summed E-state index contributed by atoms with van der Waals surface area (Å²) >= 11 is 6.08. The summed E-state index contributed by atoms with van der Waals surface area (Å²) in [6, 6.07) is 7.82. The smallest absolute Gasteiger partial charge is 0.155 e. The largest absolute Gasteiger partial charge is 0.280 e. The zero-order chi connectivity index (χ0) is 18.9. The Morgan fingerprint density at radius 3 is 2.46 bits per heavy atom. The SMILES string of the molecule is CC(C)(C)S(=O)(=O)CC1CCC(C2=CC(c3cccc(Cl)c3)=NC2)CC1. The monoisotopic (exact) mass is 393 g/mol. The summed E-state index contributed by atoms with van der Waals surface area (Å²) in [5.74, 6) is 1.15. The Balaban J connectivity index is 1.59. The summed E-state index contributed by atoms with van der Waals surface area (Å²) in [4.78, 5) is 4.68. The maximum atomic E-state index is 12.4. The van der Waals surface area contributed by atoms with Gasteiger partial charge in [0.05, 0.1) is 22.8 Å². The number of rotatable bonds is 4. The molecule has 0 atom stereocenters. The maximum Gasteiger partial charge on any atom is 0.155 e. The third-order valence-corrected chi connectivity index (χ3v) is 8.65. The Morgan fingerprint density at radius 1 is 1.15 bits per heavy atom. The van der Waals surface area contributed by atoms with Gasteiger partial charge in [-0.15, -0.1) is 0 Å². The fourth-order valence-corrected chi connectivity index (χ4v) is 5.42. The van der Waals surface area contributed by atoms with Crippen LogP contribution in [-0.4, -0.2) is 31.2 Å². The van der Waals surface area contributed by atoms with Crippen LogP contribution in [0.5, 0.6) is 0 Å². The third-order valence-electron chi connectivity index (χ3n) is 5.63. The Kier molecular flexibility index (Phi) is 5.64. The molecule has 0 radical (unpaired) electrons. The summed E-state index contributed by atoms with van der Waals surface area (Å²) in [5, 5.41) is 0.729. The van der Waals surface area contributed by atoms with Crippen molar-refractivity contribution in [2.45, 2.75) is 51.2 Å². The van der Waals surface area contributed by atoms with Gasteiger partial charge in [0.25, 0.3) is 0 Å². The lowest BCUT2D eigenvalue weighted by Gasteiger charge is -2.31. The number of hydrogen-bond acceptors (Lipinski definition) is 3. The summed E-state index contributed by atoms with van der Waals surface area (Å²) in [7, 11) is -3.03. The van der Waals surface area contributed by atoms with Crippen molar-refractivity contribution in [2.75, 3.05) is 12.3 Å². The van der Waals surface area contributed by atoms with Gasteiger partial charge in [0.1, 0.15) is 0 Å². The molecule has 1 aliphatic carbocycles. The van der Waals surface area contributed by atoms with Crippen LogP contribution >= 0.6 is 11.6 Å². The van der Waals surface area contributed by atoms with E-state index in [0.717, 1.165) is 48.5 Å². The van der Waals surface area contributed by atoms with E-state index in [0.29, 0.717) is 17.6 Å². The van der Waals surface area contributed by atoms with Gasteiger partial charge in [0.15, 0.2) is 9.84 Å². The number of sulfone groups is 1. The summed E-state index contributed by atoms with van der Waals surface area (Å²) in [6.07, 6.45) is 6.32. The molecule has 1 aromatic rings. The number of nitrogens with zero attached hydrogens (tertiary/aromatic N) is 1. The average molecular weight is 394 g/mol. The van der Waals surface area contributed by atoms with E-state index in [9.17, 15) is 8.42 Å². The predicted octanol–water partition coefficient (Wildman–Crippen LogP) is 5.09. The van der Waals surface area contributed by atoms with E-state index in [1.54, 1.807) is 20.8 Å². The molecule has 0 amide bonds. The van der Waals surface area contributed by atoms with Crippen LogP contribution in [-0.2, 0) is 9.84 Å². The molecule has 1 aromatic carbocycles. The van der Waals surface area contributed by atoms with Gasteiger partial charge in [-0.25, -0.2) is 8.42 Å². The molecule has 0 spiro atoms. The van der Waals surface area contributed by atoms with E-state index < -0.39 is 14.6 Å². The Labute approximate surface area is 162 Å². The molecule has 3 nitrogen and oxygen atoms in total. The van der Waals surface area contributed by atoms with Gasteiger partial charge in [-0.3, -0.25) is 4.99 Å². The minimum absolute atomic E-state index is 0.297. The Bertz CT molecular complexity index is 826. The molecule has 3 rings (SSSR count). The van der Waals surface area contributed by atoms with Crippen molar-refractivity contribution in [1.82, 2.24) is 0 Å². The van der Waals surface area contributed by atoms with Crippen LogP contribution in [0.2, 0.25) is 5.02 Å². The fraction of sp³-hybridized carbons (Fsp3) is 0.571. The van der Waals surface area contributed by atoms with Crippen LogP contribution in [0.1, 0.15) is 52.0 Å². The van der Waals surface area contributed by atoms with Gasteiger partial charge in [0.2, 0.25) is 0 Å². The van der Waals surface area contributed by atoms with Gasteiger partial charge >= 0.3 is 0 Å². The third kappa shape index (κ3) is 4.40. The van der Waals surface area contributed by atoms with Gasteiger partial charge in [-0.1, -0.05) is 23.7 Å². The van der Waals surface area contributed by atoms with Crippen LogP contribution in [0.4, 0.5) is 0 Å². The Hall–Kier alpha value is -1.13. The van der Waals surface area contributed by atoms with Crippen LogP contribution in [0.3, 0.4) is 0 Å². The normalized spacial score (nSPS) is 24.3. The topological polar surface area (TPSA) is 46.5 Å². The van der Waals surface area contributed by atoms with Crippen molar-refractivity contribution >= 4 is 27.1 Å². The first-order chi connectivity index (χ1) is 12.2. The fourth-order valence-electron chi connectivity index (χ4n) is 3.77. The highest BCUT2D eigenvalue weighted by Crippen LogP contribution is 2.36. The van der Waals surface area contributed by atoms with E-state index in [1.165, 1.54) is 5.57 Å². The quantitative estimate of drug-likeness (QED) is 0.715. The average Bonchev–Trinajstić information content (AvgIpc) is 3.04. The molecule has 1 saturated carbocycles. The van der Waals surface area contributed by atoms with Crippen LogP contribution in [0, 0.1) is 11.8 Å². The van der Waals surface area contributed by atoms with Crippen molar-refractivity contribution in [2.24, 2.45) is 16.8 Å². The zero-order valence-electron chi connectivity index (χ0n) is 15.8. The highest BCUT2D eigenvalue weighted by atomic mass is 35.5. The van der Waals surface area contributed by atoms with Crippen LogP contribution in [0.25, 0.3) is 0 Å². The first-order valence-electron chi connectivity index (χ1n) is 9.39. The minimum atomic E-state index is -3.03. The zero-order valence-corrected chi connectivity index (χ0v) is 17.4. The molecule has 0 saturated heterocycles. The molecule has 0 bridgehead atoms. The molecule has 0 N–H and O–H groups in total. The minimum Gasteiger partial charge on any atom is -0.280 e. The van der Waals surface area contributed by atoms with Gasteiger partial charge < -0.3 is 0 Å². The molecular formula is C21H28ClNO2S. The van der Waals surface area contributed by atoms with Crippen LogP contribution < -0.4 is 0 Å². The predicted molar refractivity (Wildman–Crippen MR) is 110 cm³/mol. The second kappa shape index (κ2) is 7.47. The van der Waals surface area contributed by atoms with Crippen molar-refractivity contribution in [3.8, 4) is 0 Å². The molecule has 1 fully saturated rings. The van der Waals surface area contributed by atoms with Gasteiger partial charge in [0, 0.05) is 10.6 Å². The molecular weight excluding hydrogens is 366 g/mol. The highest BCUT2D eigenvalue weighted by Gasteiger charge is 2.34. The standard InChI is InChI=1S/C21H28ClNO2S/c1-21(2,3)26(24,25)14-15-7-9-16(10-8-15)18-12-20(23-13-18)17-5-4-6-19(22)11-17/h4-6,11-12,15-16H,7-10,13-14H2,1-3H3. The maximum absolute atomic E-state index is 12.4. The van der Waals surface area contributed by atoms with Crippen molar-refractivity contribution in [3.05, 3.63) is 46.5 Å². The number of benzene rings is 1. The lowest BCUT2D eigenvalue weighted by molar-refractivity contribution is 0.319. The lowest BCUT2D eigenvalue weighted by atomic mass is 9.79. The number of hydrogen-bond donors (Lipinski definition) is 0. The number of aliphatic imine (C=N–C) groups is 1. The van der Waals surface area contributed by atoms with Crippen LogP contribution in [0.15, 0.2) is 40.9 Å². The second-order valence-electron chi connectivity index (χ2n) is 8.54. The summed E-state index contributed by atoms with van der Waals surface area (Å²) in [5.41, 5.74) is 3.47. The second-order valence-corrected chi connectivity index (χ2v) is 11.8. The van der Waals surface area contributed by atoms with E-state index in [-0.39, 0.29) is 0 Å². The van der Waals surface area contributed by atoms with Gasteiger partial charge in [-0.05, 0) is 82.1 Å².